The molecule has 0 N–H and O–H groups in total. The smallest absolute Gasteiger partial charge is 0.272 e. The summed E-state index contributed by atoms with van der Waals surface area (Å²) in [7, 11) is 1.49. The minimum absolute atomic E-state index is 0.489. The molecule has 0 bridgehead atoms. The maximum Gasteiger partial charge on any atom is 0.435 e. The predicted octanol–water partition coefficient (Wildman–Crippen LogP) is 1.91. The average Bonchev–Trinajstić information content (AvgIpc) is 2.32. The molecular weight excluding hydrogens is 201 g/mol. The summed E-state index contributed by atoms with van der Waals surface area (Å²) in [4.78, 5) is 0. The van der Waals surface area contributed by atoms with Crippen LogP contribution in [0.3, 0.4) is 0 Å². The maximum absolute atomic E-state index is 12.1. The van der Waals surface area contributed by atoms with Crippen molar-refractivity contribution in [3.8, 4) is 0 Å². The first-order valence-corrected chi connectivity index (χ1v) is 4.29. The Labute approximate surface area is 79.2 Å². The molecule has 1 aromatic rings. The third-order valence-corrected chi connectivity index (χ3v) is 1.86. The second kappa shape index (κ2) is 3.61. The molecule has 6 heteroatoms. The summed E-state index contributed by atoms with van der Waals surface area (Å²) in [6.07, 6.45) is -3.87. The molecule has 0 unspecified atom stereocenters. The highest BCUT2D eigenvalue weighted by molar-refractivity contribution is 7.80. The topological polar surface area (TPSA) is 17.8 Å². The van der Waals surface area contributed by atoms with Crippen LogP contribution in [0, 0.1) is 0 Å². The van der Waals surface area contributed by atoms with Crippen molar-refractivity contribution in [1.82, 2.24) is 9.78 Å². The molecule has 0 aliphatic heterocycles. The molecule has 0 saturated heterocycles. The van der Waals surface area contributed by atoms with Crippen LogP contribution in [0.25, 0.3) is 0 Å². The van der Waals surface area contributed by atoms with Crippen LogP contribution in [0.1, 0.15) is 11.4 Å². The van der Waals surface area contributed by atoms with Crippen LogP contribution in [0.15, 0.2) is 6.07 Å². The molecular formula is C7H9F3N2S. The Balaban J connectivity index is 2.95. The average molecular weight is 210 g/mol. The quantitative estimate of drug-likeness (QED) is 0.738. The van der Waals surface area contributed by atoms with Gasteiger partial charge in [-0.15, -0.1) is 0 Å². The molecule has 0 amide bonds. The van der Waals surface area contributed by atoms with E-state index in [1.807, 2.05) is 0 Å². The molecule has 0 saturated carbocycles. The summed E-state index contributed by atoms with van der Waals surface area (Å²) in [5, 5.41) is 3.36. The molecule has 0 aromatic carbocycles. The second-order valence-corrected chi connectivity index (χ2v) is 3.06. The van der Waals surface area contributed by atoms with Crippen LogP contribution >= 0.6 is 12.6 Å². The van der Waals surface area contributed by atoms with Crippen molar-refractivity contribution in [1.29, 1.82) is 0 Å². The highest BCUT2D eigenvalue weighted by Gasteiger charge is 2.34. The lowest BCUT2D eigenvalue weighted by Gasteiger charge is -1.99. The first kappa shape index (κ1) is 10.4. The highest BCUT2D eigenvalue weighted by atomic mass is 32.1. The molecule has 74 valence electrons. The van der Waals surface area contributed by atoms with Gasteiger partial charge in [0.1, 0.15) is 0 Å². The van der Waals surface area contributed by atoms with Gasteiger partial charge in [0.25, 0.3) is 0 Å². The molecule has 0 spiro atoms. The number of rotatable bonds is 2. The third-order valence-electron chi connectivity index (χ3n) is 1.64. The van der Waals surface area contributed by atoms with E-state index < -0.39 is 11.9 Å². The zero-order valence-corrected chi connectivity index (χ0v) is 7.86. The van der Waals surface area contributed by atoms with E-state index in [0.717, 1.165) is 6.07 Å². The third kappa shape index (κ3) is 2.40. The van der Waals surface area contributed by atoms with Crippen LogP contribution in [0.4, 0.5) is 13.2 Å². The van der Waals surface area contributed by atoms with E-state index in [4.69, 9.17) is 0 Å². The van der Waals surface area contributed by atoms with Gasteiger partial charge in [-0.1, -0.05) is 0 Å². The van der Waals surface area contributed by atoms with Crippen molar-refractivity contribution in [3.05, 3.63) is 17.5 Å². The van der Waals surface area contributed by atoms with Gasteiger partial charge in [-0.25, -0.2) is 0 Å². The predicted molar refractivity (Wildman–Crippen MR) is 45.8 cm³/mol. The van der Waals surface area contributed by atoms with Gasteiger partial charge >= 0.3 is 6.18 Å². The van der Waals surface area contributed by atoms with Gasteiger partial charge in [0, 0.05) is 12.7 Å². The Hall–Kier alpha value is -0.650. The first-order valence-electron chi connectivity index (χ1n) is 3.66. The first-order chi connectivity index (χ1) is 5.95. The van der Waals surface area contributed by atoms with Crippen molar-refractivity contribution < 1.29 is 13.2 Å². The van der Waals surface area contributed by atoms with Crippen LogP contribution in [0.2, 0.25) is 0 Å². The lowest BCUT2D eigenvalue weighted by atomic mass is 10.3. The number of hydrogen-bond donors (Lipinski definition) is 1. The molecule has 13 heavy (non-hydrogen) atoms. The normalized spacial score (nSPS) is 12.1. The van der Waals surface area contributed by atoms with Gasteiger partial charge < -0.3 is 0 Å². The van der Waals surface area contributed by atoms with Gasteiger partial charge in [0.15, 0.2) is 5.69 Å². The number of halogens is 3. The molecule has 1 heterocycles. The minimum atomic E-state index is -4.35. The number of hydrogen-bond acceptors (Lipinski definition) is 2. The fraction of sp³-hybridized carbons (Fsp3) is 0.571. The zero-order chi connectivity index (χ0) is 10.1. The van der Waals surface area contributed by atoms with Crippen LogP contribution < -0.4 is 0 Å². The van der Waals surface area contributed by atoms with E-state index in [1.54, 1.807) is 0 Å². The Morgan fingerprint density at radius 3 is 2.54 bits per heavy atom. The molecule has 2 nitrogen and oxygen atoms in total. The Bertz CT molecular complexity index is 292. The van der Waals surface area contributed by atoms with Crippen molar-refractivity contribution >= 4 is 12.6 Å². The van der Waals surface area contributed by atoms with E-state index >= 15 is 0 Å². The standard InChI is InChI=1S/C7H9F3N2S/c1-12-5(2-3-13)4-6(11-12)7(8,9)10/h4,13H,2-3H2,1H3. The van der Waals surface area contributed by atoms with Gasteiger partial charge in [-0.2, -0.15) is 30.9 Å². The summed E-state index contributed by atoms with van der Waals surface area (Å²) >= 11 is 3.94. The lowest BCUT2D eigenvalue weighted by molar-refractivity contribution is -0.141. The van der Waals surface area contributed by atoms with E-state index in [2.05, 4.69) is 17.7 Å². The SMILES string of the molecule is Cn1nc(C(F)(F)F)cc1CCS. The van der Waals surface area contributed by atoms with E-state index in [9.17, 15) is 13.2 Å². The van der Waals surface area contributed by atoms with E-state index in [-0.39, 0.29) is 0 Å². The van der Waals surface area contributed by atoms with E-state index in [1.165, 1.54) is 11.7 Å². The van der Waals surface area contributed by atoms with Crippen molar-refractivity contribution in [2.24, 2.45) is 7.05 Å². The molecule has 0 radical (unpaired) electrons. The number of alkyl halides is 3. The van der Waals surface area contributed by atoms with Gasteiger partial charge in [0.2, 0.25) is 0 Å². The number of nitrogens with zero attached hydrogens (tertiary/aromatic N) is 2. The molecule has 0 aliphatic carbocycles. The monoisotopic (exact) mass is 210 g/mol. The van der Waals surface area contributed by atoms with Gasteiger partial charge in [-0.05, 0) is 18.2 Å². The van der Waals surface area contributed by atoms with Crippen molar-refractivity contribution in [3.63, 3.8) is 0 Å². The molecule has 0 fully saturated rings. The molecule has 1 rings (SSSR count). The fourth-order valence-electron chi connectivity index (χ4n) is 0.993. The number of aromatic nitrogens is 2. The minimum Gasteiger partial charge on any atom is -0.272 e. The fourth-order valence-corrected chi connectivity index (χ4v) is 1.22. The van der Waals surface area contributed by atoms with Crippen molar-refractivity contribution in [2.75, 3.05) is 5.75 Å². The summed E-state index contributed by atoms with van der Waals surface area (Å²) < 4.78 is 37.6. The summed E-state index contributed by atoms with van der Waals surface area (Å²) in [5.41, 5.74) is -0.297. The van der Waals surface area contributed by atoms with Crippen LogP contribution in [0.5, 0.6) is 0 Å². The highest BCUT2D eigenvalue weighted by Crippen LogP contribution is 2.28. The molecule has 1 aromatic heterocycles. The van der Waals surface area contributed by atoms with Gasteiger partial charge in [-0.3, -0.25) is 4.68 Å². The summed E-state index contributed by atoms with van der Waals surface area (Å²) in [6, 6.07) is 1.05. The van der Waals surface area contributed by atoms with Crippen LogP contribution in [-0.2, 0) is 19.6 Å². The lowest BCUT2D eigenvalue weighted by Crippen LogP contribution is -2.06. The summed E-state index contributed by atoms with van der Waals surface area (Å²) in [6.45, 7) is 0. The molecule has 0 aliphatic rings. The number of thiol groups is 1. The van der Waals surface area contributed by atoms with Crippen LogP contribution in [-0.4, -0.2) is 15.5 Å². The van der Waals surface area contributed by atoms with Crippen molar-refractivity contribution in [2.45, 2.75) is 12.6 Å². The Morgan fingerprint density at radius 1 is 1.54 bits per heavy atom. The van der Waals surface area contributed by atoms with E-state index in [0.29, 0.717) is 17.9 Å². The zero-order valence-electron chi connectivity index (χ0n) is 6.97. The molecule has 0 atom stereocenters. The largest absolute Gasteiger partial charge is 0.435 e. The number of aryl methyl sites for hydroxylation is 2. The van der Waals surface area contributed by atoms with Gasteiger partial charge in [0.05, 0.1) is 0 Å². The Kier molecular flexibility index (Phi) is 2.90. The maximum atomic E-state index is 12.1. The second-order valence-electron chi connectivity index (χ2n) is 2.62. The summed E-state index contributed by atoms with van der Waals surface area (Å²) in [5.74, 6) is 0.511. The Morgan fingerprint density at radius 2 is 2.15 bits per heavy atom.